The van der Waals surface area contributed by atoms with E-state index >= 15 is 0 Å². The highest BCUT2D eigenvalue weighted by Crippen LogP contribution is 2.62. The van der Waals surface area contributed by atoms with Gasteiger partial charge in [0, 0.05) is 0 Å². The fourth-order valence-corrected chi connectivity index (χ4v) is 21.0. The highest BCUT2D eigenvalue weighted by atomic mass is 29.3. The summed E-state index contributed by atoms with van der Waals surface area (Å²) < 4.78 is 5.13. The standard InChI is InChI=1S/C34H35N3Si2/c1-34(2,3)38(4,5)39(37-36-35)32(28-22-14-8-15-23-28)30(26-18-10-6-11-19-26)31(27-20-12-7-13-21-27)33(39)29-24-16-9-17-25-29/h6-25H,1-5H3. The SMILES string of the molecule is CC(C)(C)[Si](C)(C)[Si]1(N=[N+]=[N-])C(c2ccccc2)=C(c2ccccc2)C(c2ccccc2)=C1c1ccccc1. The molecule has 1 aliphatic rings. The van der Waals surface area contributed by atoms with E-state index < -0.39 is 15.3 Å². The maximum Gasteiger partial charge on any atom is 0.211 e. The summed E-state index contributed by atoms with van der Waals surface area (Å²) in [5.41, 5.74) is 17.5. The molecule has 0 atom stereocenters. The van der Waals surface area contributed by atoms with Crippen molar-refractivity contribution in [1.29, 1.82) is 0 Å². The van der Waals surface area contributed by atoms with Crippen molar-refractivity contribution in [1.82, 2.24) is 0 Å². The number of azide groups is 1. The number of rotatable bonds is 6. The highest BCUT2D eigenvalue weighted by molar-refractivity contribution is 7.56. The van der Waals surface area contributed by atoms with Crippen LogP contribution in [0.1, 0.15) is 43.0 Å². The molecule has 5 heteroatoms. The number of benzene rings is 4. The second-order valence-corrected chi connectivity index (χ2v) is 25.0. The Morgan fingerprint density at radius 1 is 0.564 bits per heavy atom. The van der Waals surface area contributed by atoms with E-state index in [0.717, 1.165) is 22.3 Å². The van der Waals surface area contributed by atoms with Gasteiger partial charge >= 0.3 is 0 Å². The first kappa shape index (κ1) is 26.7. The molecule has 0 saturated heterocycles. The Kier molecular flexibility index (Phi) is 7.08. The number of nitrogens with zero attached hydrogens (tertiary/aromatic N) is 3. The summed E-state index contributed by atoms with van der Waals surface area (Å²) in [7, 11) is -5.50. The van der Waals surface area contributed by atoms with Crippen LogP contribution in [0, 0.1) is 0 Å². The number of hydrogen-bond acceptors (Lipinski definition) is 1. The van der Waals surface area contributed by atoms with E-state index in [1.54, 1.807) is 0 Å². The topological polar surface area (TPSA) is 48.8 Å². The Labute approximate surface area is 234 Å². The van der Waals surface area contributed by atoms with Crippen molar-refractivity contribution in [2.45, 2.75) is 38.9 Å². The molecule has 4 aromatic carbocycles. The maximum absolute atomic E-state index is 10.4. The zero-order valence-electron chi connectivity index (χ0n) is 23.4. The van der Waals surface area contributed by atoms with Crippen LogP contribution < -0.4 is 0 Å². The van der Waals surface area contributed by atoms with Crippen molar-refractivity contribution >= 4 is 36.9 Å². The first-order valence-electron chi connectivity index (χ1n) is 13.5. The molecule has 3 nitrogen and oxygen atoms in total. The summed E-state index contributed by atoms with van der Waals surface area (Å²) in [5, 5.41) is 2.47. The minimum atomic E-state index is -3.12. The molecule has 1 heterocycles. The Morgan fingerprint density at radius 2 is 0.872 bits per heavy atom. The molecule has 0 aliphatic carbocycles. The minimum absolute atomic E-state index is 0.0264. The van der Waals surface area contributed by atoms with Crippen LogP contribution in [0.3, 0.4) is 0 Å². The third kappa shape index (κ3) is 4.33. The van der Waals surface area contributed by atoms with Crippen molar-refractivity contribution in [3.8, 4) is 0 Å². The predicted octanol–water partition coefficient (Wildman–Crippen LogP) is 10.1. The Balaban J connectivity index is 2.11. The van der Waals surface area contributed by atoms with Gasteiger partial charge in [-0.25, -0.2) is 0 Å². The Hall–Kier alpha value is -3.90. The van der Waals surface area contributed by atoms with Crippen LogP contribution in [0.4, 0.5) is 0 Å². The predicted molar refractivity (Wildman–Crippen MR) is 171 cm³/mol. The van der Waals surface area contributed by atoms with Gasteiger partial charge in [0.15, 0.2) is 0 Å². The van der Waals surface area contributed by atoms with Crippen LogP contribution in [0.5, 0.6) is 0 Å². The molecule has 0 unspecified atom stereocenters. The van der Waals surface area contributed by atoms with Crippen molar-refractivity contribution in [3.63, 3.8) is 0 Å². The molecule has 0 radical (unpaired) electrons. The Morgan fingerprint density at radius 3 is 1.15 bits per heavy atom. The summed E-state index contributed by atoms with van der Waals surface area (Å²) in [4.78, 5) is 3.73. The molecular formula is C34H35N3Si2. The lowest BCUT2D eigenvalue weighted by molar-refractivity contribution is 0.733. The summed E-state index contributed by atoms with van der Waals surface area (Å²) in [5.74, 6) is 0. The smallest absolute Gasteiger partial charge is 0.116 e. The summed E-state index contributed by atoms with van der Waals surface area (Å²) >= 11 is 0. The van der Waals surface area contributed by atoms with Crippen LogP contribution in [0.25, 0.3) is 32.0 Å². The normalized spacial score (nSPS) is 15.3. The van der Waals surface area contributed by atoms with Gasteiger partial charge in [0.1, 0.15) is 0 Å². The van der Waals surface area contributed by atoms with Gasteiger partial charge in [0.25, 0.3) is 0 Å². The zero-order chi connectivity index (χ0) is 27.7. The molecule has 0 saturated carbocycles. The average molecular weight is 542 g/mol. The van der Waals surface area contributed by atoms with E-state index in [0.29, 0.717) is 0 Å². The van der Waals surface area contributed by atoms with Gasteiger partial charge in [-0.1, -0.05) is 155 Å². The first-order valence-corrected chi connectivity index (χ1v) is 19.5. The van der Waals surface area contributed by atoms with Gasteiger partial charge in [-0.3, -0.25) is 0 Å². The lowest BCUT2D eigenvalue weighted by Crippen LogP contribution is -2.63. The Bertz CT molecular complexity index is 1480. The molecule has 0 bridgehead atoms. The van der Waals surface area contributed by atoms with Crippen LogP contribution in [-0.2, 0) is 0 Å². The molecule has 1 aliphatic heterocycles. The monoisotopic (exact) mass is 541 g/mol. The summed E-state index contributed by atoms with van der Waals surface area (Å²) in [6, 6.07) is 42.8. The van der Waals surface area contributed by atoms with E-state index in [2.05, 4.69) is 160 Å². The van der Waals surface area contributed by atoms with E-state index in [-0.39, 0.29) is 5.04 Å². The van der Waals surface area contributed by atoms with Gasteiger partial charge in [-0.2, -0.15) is 0 Å². The van der Waals surface area contributed by atoms with Crippen molar-refractivity contribution in [2.24, 2.45) is 4.78 Å². The van der Waals surface area contributed by atoms with E-state index in [9.17, 15) is 5.53 Å². The third-order valence-electron chi connectivity index (χ3n) is 8.70. The summed E-state index contributed by atoms with van der Waals surface area (Å²) in [6.07, 6.45) is 0. The second kappa shape index (κ2) is 10.3. The molecule has 39 heavy (non-hydrogen) atoms. The van der Waals surface area contributed by atoms with Gasteiger partial charge in [-0.15, -0.1) is 4.78 Å². The van der Waals surface area contributed by atoms with Crippen LogP contribution in [-0.4, -0.2) is 15.3 Å². The largest absolute Gasteiger partial charge is 0.211 e. The molecular weight excluding hydrogens is 507 g/mol. The average Bonchev–Trinajstić information content (AvgIpc) is 3.27. The van der Waals surface area contributed by atoms with Crippen molar-refractivity contribution in [2.75, 3.05) is 0 Å². The van der Waals surface area contributed by atoms with Gasteiger partial charge in [0.05, 0.1) is 7.59 Å². The zero-order valence-corrected chi connectivity index (χ0v) is 25.4. The van der Waals surface area contributed by atoms with Crippen LogP contribution >= 0.6 is 0 Å². The van der Waals surface area contributed by atoms with Crippen LogP contribution in [0.2, 0.25) is 18.1 Å². The fourth-order valence-electron chi connectivity index (χ4n) is 5.90. The third-order valence-corrected chi connectivity index (χ3v) is 26.6. The lowest BCUT2D eigenvalue weighted by atomic mass is 9.89. The number of hydrogen-bond donors (Lipinski definition) is 0. The minimum Gasteiger partial charge on any atom is -0.116 e. The summed E-state index contributed by atoms with van der Waals surface area (Å²) in [6.45, 7) is 11.9. The van der Waals surface area contributed by atoms with Crippen molar-refractivity contribution in [3.05, 3.63) is 154 Å². The molecule has 0 amide bonds. The quantitative estimate of drug-likeness (QED) is 0.101. The van der Waals surface area contributed by atoms with Crippen molar-refractivity contribution < 1.29 is 0 Å². The molecule has 0 N–H and O–H groups in total. The first-order chi connectivity index (χ1) is 18.7. The number of allylic oxidation sites excluding steroid dienone is 2. The molecule has 194 valence electrons. The van der Waals surface area contributed by atoms with Crippen LogP contribution in [0.15, 0.2) is 126 Å². The second-order valence-electron chi connectivity index (χ2n) is 11.7. The van der Waals surface area contributed by atoms with E-state index in [1.807, 2.05) is 0 Å². The lowest BCUT2D eigenvalue weighted by Gasteiger charge is -2.49. The van der Waals surface area contributed by atoms with Gasteiger partial charge < -0.3 is 0 Å². The maximum atomic E-state index is 10.4. The van der Waals surface area contributed by atoms with E-state index in [4.69, 9.17) is 4.78 Å². The molecule has 0 fully saturated rings. The molecule has 5 rings (SSSR count). The molecule has 0 aromatic heterocycles. The molecule has 0 spiro atoms. The van der Waals surface area contributed by atoms with Gasteiger partial charge in [-0.05, 0) is 59.3 Å². The fraction of sp³-hybridized carbons (Fsp3) is 0.176. The highest BCUT2D eigenvalue weighted by Gasteiger charge is 2.63. The van der Waals surface area contributed by atoms with Gasteiger partial charge in [0.2, 0.25) is 7.75 Å². The molecule has 4 aromatic rings. The van der Waals surface area contributed by atoms with E-state index in [1.165, 1.54) is 21.5 Å².